The molecule has 2 N–H and O–H groups in total. The van der Waals surface area contributed by atoms with Crippen LogP contribution in [0.25, 0.3) is 0 Å². The van der Waals surface area contributed by atoms with Crippen molar-refractivity contribution in [3.63, 3.8) is 0 Å². The lowest BCUT2D eigenvalue weighted by atomic mass is 10.2. The van der Waals surface area contributed by atoms with E-state index in [1.807, 2.05) is 0 Å². The van der Waals surface area contributed by atoms with E-state index >= 15 is 0 Å². The summed E-state index contributed by atoms with van der Waals surface area (Å²) < 4.78 is 43.5. The van der Waals surface area contributed by atoms with Crippen molar-refractivity contribution in [1.29, 1.82) is 0 Å². The summed E-state index contributed by atoms with van der Waals surface area (Å²) >= 11 is 0. The van der Waals surface area contributed by atoms with Gasteiger partial charge in [-0.15, -0.1) is 0 Å². The minimum Gasteiger partial charge on any atom is -0.487 e. The molecular weight excluding hydrogens is 269 g/mol. The normalized spacial score (nSPS) is 11.4. The molecule has 0 saturated heterocycles. The molecule has 0 fully saturated rings. The highest BCUT2D eigenvalue weighted by atomic mass is 19.4. The van der Waals surface area contributed by atoms with Gasteiger partial charge in [-0.1, -0.05) is 18.2 Å². The molecule has 1 aromatic heterocycles. The summed E-state index contributed by atoms with van der Waals surface area (Å²) in [5.41, 5.74) is 6.04. The number of para-hydroxylation sites is 1. The average Bonchev–Trinajstić information content (AvgIpc) is 2.45. The Bertz CT molecular complexity index is 567. The SMILES string of the molecule is NCc1ccc(COc2ccccc2C(F)(F)F)nc1. The maximum absolute atomic E-state index is 12.8. The number of benzene rings is 1. The van der Waals surface area contributed by atoms with Crippen molar-refractivity contribution in [3.05, 3.63) is 59.4 Å². The zero-order valence-electron chi connectivity index (χ0n) is 10.5. The van der Waals surface area contributed by atoms with Crippen molar-refractivity contribution in [1.82, 2.24) is 4.98 Å². The summed E-state index contributed by atoms with van der Waals surface area (Å²) in [6.07, 6.45) is -2.86. The van der Waals surface area contributed by atoms with Crippen LogP contribution in [0.1, 0.15) is 16.8 Å². The summed E-state index contributed by atoms with van der Waals surface area (Å²) in [5, 5.41) is 0. The predicted octanol–water partition coefficient (Wildman–Crippen LogP) is 3.14. The summed E-state index contributed by atoms with van der Waals surface area (Å²) in [7, 11) is 0. The first-order valence-electron chi connectivity index (χ1n) is 5.93. The fourth-order valence-corrected chi connectivity index (χ4v) is 1.64. The Hall–Kier alpha value is -2.08. The van der Waals surface area contributed by atoms with Crippen LogP contribution in [0.5, 0.6) is 5.75 Å². The number of ether oxygens (including phenoxy) is 1. The van der Waals surface area contributed by atoms with Gasteiger partial charge in [0.05, 0.1) is 11.3 Å². The smallest absolute Gasteiger partial charge is 0.419 e. The molecule has 0 unspecified atom stereocenters. The molecule has 0 aliphatic rings. The molecule has 0 bridgehead atoms. The molecule has 0 amide bonds. The highest BCUT2D eigenvalue weighted by molar-refractivity contribution is 5.35. The van der Waals surface area contributed by atoms with E-state index in [1.165, 1.54) is 18.2 Å². The van der Waals surface area contributed by atoms with Crippen LogP contribution in [0.2, 0.25) is 0 Å². The van der Waals surface area contributed by atoms with Crippen LogP contribution in [-0.2, 0) is 19.3 Å². The molecule has 106 valence electrons. The summed E-state index contributed by atoms with van der Waals surface area (Å²) in [4.78, 5) is 4.07. The van der Waals surface area contributed by atoms with Gasteiger partial charge >= 0.3 is 6.18 Å². The topological polar surface area (TPSA) is 48.1 Å². The molecule has 0 aliphatic heterocycles. The minimum atomic E-state index is -4.44. The Labute approximate surface area is 114 Å². The third kappa shape index (κ3) is 3.48. The number of rotatable bonds is 4. The lowest BCUT2D eigenvalue weighted by Gasteiger charge is -2.13. The van der Waals surface area contributed by atoms with E-state index in [-0.39, 0.29) is 12.4 Å². The van der Waals surface area contributed by atoms with E-state index in [1.54, 1.807) is 18.3 Å². The van der Waals surface area contributed by atoms with Crippen LogP contribution in [0.4, 0.5) is 13.2 Å². The molecule has 2 aromatic rings. The second-order valence-corrected chi connectivity index (χ2v) is 4.14. The first-order valence-corrected chi connectivity index (χ1v) is 5.93. The highest BCUT2D eigenvalue weighted by Gasteiger charge is 2.33. The third-order valence-electron chi connectivity index (χ3n) is 2.69. The number of halogens is 3. The molecule has 6 heteroatoms. The lowest BCUT2D eigenvalue weighted by Crippen LogP contribution is -2.09. The Balaban J connectivity index is 2.10. The summed E-state index contributed by atoms with van der Waals surface area (Å²) in [6.45, 7) is 0.336. The van der Waals surface area contributed by atoms with Crippen LogP contribution in [0, 0.1) is 0 Å². The molecule has 0 atom stereocenters. The molecule has 2 rings (SSSR count). The van der Waals surface area contributed by atoms with Gasteiger partial charge in [0, 0.05) is 12.7 Å². The van der Waals surface area contributed by atoms with Crippen LogP contribution < -0.4 is 10.5 Å². The quantitative estimate of drug-likeness (QED) is 0.937. The number of nitrogens with zero attached hydrogens (tertiary/aromatic N) is 1. The van der Waals surface area contributed by atoms with Crippen LogP contribution in [0.15, 0.2) is 42.6 Å². The van der Waals surface area contributed by atoms with Gasteiger partial charge in [-0.3, -0.25) is 4.98 Å². The Morgan fingerprint density at radius 2 is 1.85 bits per heavy atom. The number of aromatic nitrogens is 1. The van der Waals surface area contributed by atoms with E-state index in [0.29, 0.717) is 12.2 Å². The van der Waals surface area contributed by atoms with Crippen molar-refractivity contribution < 1.29 is 17.9 Å². The van der Waals surface area contributed by atoms with Gasteiger partial charge in [0.1, 0.15) is 12.4 Å². The second kappa shape index (κ2) is 5.92. The average molecular weight is 282 g/mol. The first kappa shape index (κ1) is 14.3. The fraction of sp³-hybridized carbons (Fsp3) is 0.214. The van der Waals surface area contributed by atoms with Gasteiger partial charge in [-0.25, -0.2) is 0 Å². The summed E-state index contributed by atoms with van der Waals surface area (Å²) in [5.74, 6) is -0.204. The number of nitrogens with two attached hydrogens (primary N) is 1. The van der Waals surface area contributed by atoms with E-state index in [9.17, 15) is 13.2 Å². The Kier molecular flexibility index (Phi) is 4.24. The molecule has 1 aromatic carbocycles. The van der Waals surface area contributed by atoms with Crippen molar-refractivity contribution >= 4 is 0 Å². The molecule has 1 heterocycles. The van der Waals surface area contributed by atoms with Crippen molar-refractivity contribution in [2.24, 2.45) is 5.73 Å². The van der Waals surface area contributed by atoms with E-state index in [4.69, 9.17) is 10.5 Å². The molecular formula is C14H13F3N2O. The van der Waals surface area contributed by atoms with E-state index in [2.05, 4.69) is 4.98 Å². The second-order valence-electron chi connectivity index (χ2n) is 4.14. The van der Waals surface area contributed by atoms with Gasteiger partial charge in [-0.2, -0.15) is 13.2 Å². The third-order valence-corrected chi connectivity index (χ3v) is 2.69. The fourth-order valence-electron chi connectivity index (χ4n) is 1.64. The molecule has 0 spiro atoms. The number of pyridine rings is 1. The molecule has 0 radical (unpaired) electrons. The van der Waals surface area contributed by atoms with Gasteiger partial charge in [0.15, 0.2) is 0 Å². The van der Waals surface area contributed by atoms with E-state index < -0.39 is 11.7 Å². The number of alkyl halides is 3. The maximum Gasteiger partial charge on any atom is 0.419 e. The van der Waals surface area contributed by atoms with Crippen LogP contribution >= 0.6 is 0 Å². The Morgan fingerprint density at radius 3 is 2.45 bits per heavy atom. The molecule has 3 nitrogen and oxygen atoms in total. The van der Waals surface area contributed by atoms with Gasteiger partial charge in [0.25, 0.3) is 0 Å². The number of hydrogen-bond donors (Lipinski definition) is 1. The zero-order chi connectivity index (χ0) is 14.6. The predicted molar refractivity (Wildman–Crippen MR) is 67.9 cm³/mol. The highest BCUT2D eigenvalue weighted by Crippen LogP contribution is 2.36. The van der Waals surface area contributed by atoms with Gasteiger partial charge in [0.2, 0.25) is 0 Å². The summed E-state index contributed by atoms with van der Waals surface area (Å²) in [6, 6.07) is 8.54. The minimum absolute atomic E-state index is 0.0298. The van der Waals surface area contributed by atoms with Crippen LogP contribution in [-0.4, -0.2) is 4.98 Å². The monoisotopic (exact) mass is 282 g/mol. The molecule has 0 aliphatic carbocycles. The standard InChI is InChI=1S/C14H13F3N2O/c15-14(16,17)12-3-1-2-4-13(12)20-9-11-6-5-10(7-18)8-19-11/h1-6,8H,7,9,18H2. The lowest BCUT2D eigenvalue weighted by molar-refractivity contribution is -0.139. The number of hydrogen-bond acceptors (Lipinski definition) is 3. The van der Waals surface area contributed by atoms with Gasteiger partial charge < -0.3 is 10.5 Å². The maximum atomic E-state index is 12.8. The first-order chi connectivity index (χ1) is 9.50. The van der Waals surface area contributed by atoms with E-state index in [0.717, 1.165) is 11.6 Å². The van der Waals surface area contributed by atoms with Crippen LogP contribution in [0.3, 0.4) is 0 Å². The van der Waals surface area contributed by atoms with Crippen molar-refractivity contribution in [2.45, 2.75) is 19.3 Å². The molecule has 20 heavy (non-hydrogen) atoms. The zero-order valence-corrected chi connectivity index (χ0v) is 10.5. The Morgan fingerprint density at radius 1 is 1.10 bits per heavy atom. The van der Waals surface area contributed by atoms with Crippen molar-refractivity contribution in [2.75, 3.05) is 0 Å². The van der Waals surface area contributed by atoms with Crippen molar-refractivity contribution in [3.8, 4) is 5.75 Å². The molecule has 0 saturated carbocycles. The van der Waals surface area contributed by atoms with Gasteiger partial charge in [-0.05, 0) is 23.8 Å². The largest absolute Gasteiger partial charge is 0.487 e.